The maximum Gasteiger partial charge on any atom is 0.171 e. The normalized spacial score (nSPS) is 11.8. The fraction of sp³-hybridized carbons (Fsp3) is 0.188. The molecule has 2 aromatic rings. The van der Waals surface area contributed by atoms with Crippen molar-refractivity contribution < 1.29 is 4.39 Å². The number of hydrogen-bond acceptors (Lipinski definition) is 1. The lowest BCUT2D eigenvalue weighted by atomic mass is 10.1. The maximum atomic E-state index is 12.9. The molecule has 0 amide bonds. The molecule has 0 aromatic heterocycles. The minimum Gasteiger partial charge on any atom is -0.356 e. The Hall–Kier alpha value is -1.94. The van der Waals surface area contributed by atoms with Crippen LogP contribution in [0.2, 0.25) is 0 Å². The van der Waals surface area contributed by atoms with Gasteiger partial charge in [-0.05, 0) is 61.5 Å². The molecule has 2 rings (SSSR count). The molecule has 0 saturated heterocycles. The fourth-order valence-electron chi connectivity index (χ4n) is 1.92. The second-order valence-electron chi connectivity index (χ2n) is 4.74. The van der Waals surface area contributed by atoms with Gasteiger partial charge in [0.05, 0.1) is 6.04 Å². The van der Waals surface area contributed by atoms with Crippen molar-refractivity contribution >= 4 is 23.0 Å². The van der Waals surface area contributed by atoms with Crippen LogP contribution in [0.3, 0.4) is 0 Å². The number of halogens is 1. The largest absolute Gasteiger partial charge is 0.356 e. The van der Waals surface area contributed by atoms with Gasteiger partial charge in [-0.25, -0.2) is 4.39 Å². The zero-order valence-electron chi connectivity index (χ0n) is 11.5. The highest BCUT2D eigenvalue weighted by Gasteiger charge is 2.07. The summed E-state index contributed by atoms with van der Waals surface area (Å²) >= 11 is 5.29. The second kappa shape index (κ2) is 6.48. The van der Waals surface area contributed by atoms with Gasteiger partial charge in [0.1, 0.15) is 5.82 Å². The number of anilines is 1. The lowest BCUT2D eigenvalue weighted by Gasteiger charge is -2.17. The van der Waals surface area contributed by atoms with Gasteiger partial charge in [0, 0.05) is 5.69 Å². The number of nitrogens with one attached hydrogen (secondary N) is 2. The minimum atomic E-state index is -0.235. The van der Waals surface area contributed by atoms with Crippen LogP contribution in [-0.4, -0.2) is 5.11 Å². The van der Waals surface area contributed by atoms with E-state index in [9.17, 15) is 4.39 Å². The molecular formula is C16H17FN2S. The summed E-state index contributed by atoms with van der Waals surface area (Å²) in [5, 5.41) is 6.87. The molecule has 104 valence electrons. The maximum absolute atomic E-state index is 12.9. The second-order valence-corrected chi connectivity index (χ2v) is 5.15. The van der Waals surface area contributed by atoms with Gasteiger partial charge in [0.25, 0.3) is 0 Å². The number of thiocarbonyl (C=S) groups is 1. The third-order valence-electron chi connectivity index (χ3n) is 2.99. The van der Waals surface area contributed by atoms with Crippen LogP contribution in [0.1, 0.15) is 24.1 Å². The lowest BCUT2D eigenvalue weighted by Crippen LogP contribution is -2.30. The van der Waals surface area contributed by atoms with Gasteiger partial charge in [0.2, 0.25) is 0 Å². The molecule has 2 nitrogen and oxygen atoms in total. The van der Waals surface area contributed by atoms with Crippen LogP contribution in [0.25, 0.3) is 0 Å². The summed E-state index contributed by atoms with van der Waals surface area (Å²) in [5.74, 6) is -0.235. The van der Waals surface area contributed by atoms with Gasteiger partial charge in [-0.1, -0.05) is 24.3 Å². The molecule has 4 heteroatoms. The van der Waals surface area contributed by atoms with Crippen molar-refractivity contribution in [3.8, 4) is 0 Å². The van der Waals surface area contributed by atoms with Crippen LogP contribution >= 0.6 is 12.2 Å². The van der Waals surface area contributed by atoms with Gasteiger partial charge in [-0.15, -0.1) is 0 Å². The van der Waals surface area contributed by atoms with Gasteiger partial charge in [-0.2, -0.15) is 0 Å². The first-order valence-electron chi connectivity index (χ1n) is 6.44. The van der Waals surface area contributed by atoms with E-state index in [4.69, 9.17) is 12.2 Å². The molecule has 0 aliphatic heterocycles. The third-order valence-corrected chi connectivity index (χ3v) is 3.21. The summed E-state index contributed by atoms with van der Waals surface area (Å²) in [4.78, 5) is 0. The zero-order valence-corrected chi connectivity index (χ0v) is 12.3. The van der Waals surface area contributed by atoms with Gasteiger partial charge >= 0.3 is 0 Å². The Labute approximate surface area is 124 Å². The Bertz CT molecular complexity index is 596. The van der Waals surface area contributed by atoms with Crippen LogP contribution in [0.5, 0.6) is 0 Å². The highest BCUT2D eigenvalue weighted by molar-refractivity contribution is 7.80. The van der Waals surface area contributed by atoms with E-state index in [1.54, 1.807) is 12.1 Å². The molecule has 0 aliphatic rings. The van der Waals surface area contributed by atoms with Crippen LogP contribution in [0.4, 0.5) is 10.1 Å². The van der Waals surface area contributed by atoms with E-state index in [0.29, 0.717) is 5.11 Å². The molecule has 0 fully saturated rings. The Morgan fingerprint density at radius 3 is 2.50 bits per heavy atom. The van der Waals surface area contributed by atoms with E-state index in [1.165, 1.54) is 17.7 Å². The molecule has 0 heterocycles. The Kier molecular flexibility index (Phi) is 4.69. The van der Waals surface area contributed by atoms with E-state index in [0.717, 1.165) is 11.3 Å². The van der Waals surface area contributed by atoms with Gasteiger partial charge in [-0.3, -0.25) is 0 Å². The predicted molar refractivity (Wildman–Crippen MR) is 85.4 cm³/mol. The van der Waals surface area contributed by atoms with Crippen molar-refractivity contribution in [3.05, 3.63) is 65.5 Å². The van der Waals surface area contributed by atoms with Crippen molar-refractivity contribution in [2.24, 2.45) is 0 Å². The smallest absolute Gasteiger partial charge is 0.171 e. The van der Waals surface area contributed by atoms with Crippen molar-refractivity contribution in [1.29, 1.82) is 0 Å². The van der Waals surface area contributed by atoms with Crippen LogP contribution in [-0.2, 0) is 0 Å². The van der Waals surface area contributed by atoms with Crippen molar-refractivity contribution in [1.82, 2.24) is 5.32 Å². The number of rotatable bonds is 3. The first-order chi connectivity index (χ1) is 9.54. The highest BCUT2D eigenvalue weighted by Crippen LogP contribution is 2.14. The highest BCUT2D eigenvalue weighted by atomic mass is 32.1. The van der Waals surface area contributed by atoms with Crippen LogP contribution in [0, 0.1) is 12.7 Å². The van der Waals surface area contributed by atoms with E-state index in [2.05, 4.69) is 10.6 Å². The average Bonchev–Trinajstić information content (AvgIpc) is 2.39. The Morgan fingerprint density at radius 2 is 1.85 bits per heavy atom. The Morgan fingerprint density at radius 1 is 1.15 bits per heavy atom. The minimum absolute atomic E-state index is 0.0143. The quantitative estimate of drug-likeness (QED) is 0.828. The topological polar surface area (TPSA) is 24.1 Å². The molecule has 0 bridgehead atoms. The van der Waals surface area contributed by atoms with E-state index in [-0.39, 0.29) is 11.9 Å². The molecule has 0 radical (unpaired) electrons. The first-order valence-corrected chi connectivity index (χ1v) is 6.85. The molecular weight excluding hydrogens is 271 g/mol. The van der Waals surface area contributed by atoms with E-state index < -0.39 is 0 Å². The van der Waals surface area contributed by atoms with E-state index in [1.807, 2.05) is 38.1 Å². The third kappa shape index (κ3) is 4.03. The molecule has 20 heavy (non-hydrogen) atoms. The SMILES string of the molecule is Cc1cccc(NC(=S)N[C@@H](C)c2ccc(F)cc2)c1. The summed E-state index contributed by atoms with van der Waals surface area (Å²) in [7, 11) is 0. The van der Waals surface area contributed by atoms with Crippen molar-refractivity contribution in [2.75, 3.05) is 5.32 Å². The number of hydrogen-bond donors (Lipinski definition) is 2. The van der Waals surface area contributed by atoms with E-state index >= 15 is 0 Å². The van der Waals surface area contributed by atoms with Crippen LogP contribution < -0.4 is 10.6 Å². The van der Waals surface area contributed by atoms with Gasteiger partial charge in [0.15, 0.2) is 5.11 Å². The first kappa shape index (κ1) is 14.5. The summed E-state index contributed by atoms with van der Waals surface area (Å²) in [5.41, 5.74) is 3.11. The number of benzene rings is 2. The molecule has 1 atom stereocenters. The van der Waals surface area contributed by atoms with Crippen molar-refractivity contribution in [2.45, 2.75) is 19.9 Å². The summed E-state index contributed by atoms with van der Waals surface area (Å²) in [6, 6.07) is 14.4. The standard InChI is InChI=1S/C16H17FN2S/c1-11-4-3-5-15(10-11)19-16(20)18-12(2)13-6-8-14(17)9-7-13/h3-10,12H,1-2H3,(H2,18,19,20)/t12-/m0/s1. The summed E-state index contributed by atoms with van der Waals surface area (Å²) in [6.07, 6.45) is 0. The summed E-state index contributed by atoms with van der Waals surface area (Å²) in [6.45, 7) is 4.01. The predicted octanol–water partition coefficient (Wildman–Crippen LogP) is 4.18. The van der Waals surface area contributed by atoms with Crippen LogP contribution in [0.15, 0.2) is 48.5 Å². The molecule has 0 unspecified atom stereocenters. The Balaban J connectivity index is 1.95. The zero-order chi connectivity index (χ0) is 14.5. The van der Waals surface area contributed by atoms with Crippen molar-refractivity contribution in [3.63, 3.8) is 0 Å². The average molecular weight is 288 g/mol. The number of aryl methyl sites for hydroxylation is 1. The summed E-state index contributed by atoms with van der Waals surface area (Å²) < 4.78 is 12.9. The molecule has 0 spiro atoms. The fourth-order valence-corrected chi connectivity index (χ4v) is 2.22. The molecule has 2 N–H and O–H groups in total. The van der Waals surface area contributed by atoms with Gasteiger partial charge < -0.3 is 10.6 Å². The monoisotopic (exact) mass is 288 g/mol. The molecule has 0 saturated carbocycles. The molecule has 2 aromatic carbocycles. The molecule has 0 aliphatic carbocycles. The lowest BCUT2D eigenvalue weighted by molar-refractivity contribution is 0.624.